The van der Waals surface area contributed by atoms with Gasteiger partial charge >= 0.3 is 0 Å². The van der Waals surface area contributed by atoms with E-state index in [0.717, 1.165) is 6.42 Å². The summed E-state index contributed by atoms with van der Waals surface area (Å²) >= 11 is 0. The van der Waals surface area contributed by atoms with Gasteiger partial charge in [0, 0.05) is 12.2 Å². The van der Waals surface area contributed by atoms with Crippen LogP contribution in [0.15, 0.2) is 24.3 Å². The van der Waals surface area contributed by atoms with Gasteiger partial charge in [0.25, 0.3) is 0 Å². The third-order valence-electron chi connectivity index (χ3n) is 3.47. The lowest BCUT2D eigenvalue weighted by atomic mass is 10.1. The molecule has 1 atom stereocenters. The molecule has 1 heteroatoms. The highest BCUT2D eigenvalue weighted by Gasteiger charge is 2.46. The summed E-state index contributed by atoms with van der Waals surface area (Å²) in [5.41, 5.74) is 3.36. The third-order valence-corrected chi connectivity index (χ3v) is 3.47. The van der Waals surface area contributed by atoms with Crippen LogP contribution in [0.4, 0.5) is 5.69 Å². The zero-order valence-electron chi connectivity index (χ0n) is 9.38. The molecule has 1 aliphatic rings. The summed E-state index contributed by atoms with van der Waals surface area (Å²) in [6.07, 6.45) is 2.37. The first-order valence-corrected chi connectivity index (χ1v) is 5.57. The molecule has 1 saturated heterocycles. The van der Waals surface area contributed by atoms with E-state index in [1.54, 1.807) is 0 Å². The maximum Gasteiger partial charge on any atom is 0.0547 e. The Morgan fingerprint density at radius 3 is 2.57 bits per heavy atom. The Morgan fingerprint density at radius 2 is 2.00 bits per heavy atom. The predicted octanol–water partition coefficient (Wildman–Crippen LogP) is 3.24. The van der Waals surface area contributed by atoms with E-state index in [4.69, 9.17) is 0 Å². The Hall–Kier alpha value is -0.980. The van der Waals surface area contributed by atoms with E-state index in [0.29, 0.717) is 5.54 Å². The lowest BCUT2D eigenvalue weighted by Crippen LogP contribution is -2.12. The predicted molar refractivity (Wildman–Crippen MR) is 61.9 cm³/mol. The fraction of sp³-hybridized carbons (Fsp3) is 0.538. The molecule has 2 rings (SSSR count). The van der Waals surface area contributed by atoms with Crippen LogP contribution in [-0.2, 0) is 6.42 Å². The molecule has 0 saturated carbocycles. The molecule has 1 heterocycles. The van der Waals surface area contributed by atoms with Gasteiger partial charge in [-0.25, -0.2) is 0 Å². The number of hydrogen-bond acceptors (Lipinski definition) is 1. The van der Waals surface area contributed by atoms with E-state index < -0.39 is 0 Å². The fourth-order valence-corrected chi connectivity index (χ4v) is 2.06. The molecule has 0 radical (unpaired) electrons. The Balaban J connectivity index is 2.26. The summed E-state index contributed by atoms with van der Waals surface area (Å²) in [5, 5.41) is 0. The smallest absolute Gasteiger partial charge is 0.0547 e. The van der Waals surface area contributed by atoms with Crippen molar-refractivity contribution in [3.63, 3.8) is 0 Å². The zero-order valence-corrected chi connectivity index (χ0v) is 9.38. The summed E-state index contributed by atoms with van der Waals surface area (Å²) in [7, 11) is 0. The van der Waals surface area contributed by atoms with Crippen LogP contribution in [0, 0.1) is 0 Å². The highest BCUT2D eigenvalue weighted by molar-refractivity contribution is 5.61. The van der Waals surface area contributed by atoms with Crippen molar-refractivity contribution in [1.82, 2.24) is 0 Å². The Bertz CT molecular complexity index is 332. The average Bonchev–Trinajstić information content (AvgIpc) is 2.91. The van der Waals surface area contributed by atoms with Gasteiger partial charge in [-0.2, -0.15) is 0 Å². The van der Waals surface area contributed by atoms with Gasteiger partial charge in [0.05, 0.1) is 5.54 Å². The highest BCUT2D eigenvalue weighted by Crippen LogP contribution is 2.41. The minimum Gasteiger partial charge on any atom is -0.362 e. The standard InChI is InChI=1S/C13H19N/c1-4-11-8-6-7-9-12(11)14-10-13(14,3)5-2/h6-9H,4-5,10H2,1-3H3. The van der Waals surface area contributed by atoms with Crippen molar-refractivity contribution in [2.24, 2.45) is 0 Å². The zero-order chi connectivity index (χ0) is 10.2. The molecule has 0 bridgehead atoms. The van der Waals surface area contributed by atoms with E-state index in [2.05, 4.69) is 49.9 Å². The van der Waals surface area contributed by atoms with Crippen LogP contribution in [0.25, 0.3) is 0 Å². The summed E-state index contributed by atoms with van der Waals surface area (Å²) in [6.45, 7) is 8.07. The largest absolute Gasteiger partial charge is 0.362 e. The Labute approximate surface area is 86.7 Å². The van der Waals surface area contributed by atoms with Crippen LogP contribution in [-0.4, -0.2) is 12.1 Å². The molecule has 1 fully saturated rings. The molecule has 0 aliphatic carbocycles. The first-order chi connectivity index (χ1) is 6.71. The number of rotatable bonds is 3. The first kappa shape index (κ1) is 9.57. The fourth-order valence-electron chi connectivity index (χ4n) is 2.06. The minimum absolute atomic E-state index is 0.436. The molecule has 0 amide bonds. The summed E-state index contributed by atoms with van der Waals surface area (Å²) in [5.74, 6) is 0. The van der Waals surface area contributed by atoms with Gasteiger partial charge in [-0.15, -0.1) is 0 Å². The summed E-state index contributed by atoms with van der Waals surface area (Å²) < 4.78 is 0. The molecule has 14 heavy (non-hydrogen) atoms. The molecule has 1 unspecified atom stereocenters. The molecule has 0 spiro atoms. The van der Waals surface area contributed by atoms with E-state index in [-0.39, 0.29) is 0 Å². The van der Waals surface area contributed by atoms with Gasteiger partial charge < -0.3 is 4.90 Å². The SMILES string of the molecule is CCc1ccccc1N1CC1(C)CC. The number of para-hydroxylation sites is 1. The molecular formula is C13H19N. The van der Waals surface area contributed by atoms with Gasteiger partial charge in [-0.1, -0.05) is 32.0 Å². The van der Waals surface area contributed by atoms with Crippen molar-refractivity contribution in [2.45, 2.75) is 39.2 Å². The molecule has 1 aromatic rings. The minimum atomic E-state index is 0.436. The van der Waals surface area contributed by atoms with Crippen molar-refractivity contribution >= 4 is 5.69 Å². The van der Waals surface area contributed by atoms with Crippen LogP contribution < -0.4 is 4.90 Å². The maximum absolute atomic E-state index is 2.52. The normalized spacial score (nSPS) is 25.2. The Kier molecular flexibility index (Phi) is 2.26. The van der Waals surface area contributed by atoms with Crippen molar-refractivity contribution in [1.29, 1.82) is 0 Å². The molecule has 0 N–H and O–H groups in total. The Morgan fingerprint density at radius 1 is 1.29 bits per heavy atom. The maximum atomic E-state index is 2.52. The summed E-state index contributed by atoms with van der Waals surface area (Å²) in [6, 6.07) is 8.77. The second kappa shape index (κ2) is 3.30. The number of hydrogen-bond donors (Lipinski definition) is 0. The van der Waals surface area contributed by atoms with Gasteiger partial charge in [-0.3, -0.25) is 0 Å². The lowest BCUT2D eigenvalue weighted by Gasteiger charge is -2.14. The van der Waals surface area contributed by atoms with E-state index >= 15 is 0 Å². The number of anilines is 1. The van der Waals surface area contributed by atoms with E-state index in [9.17, 15) is 0 Å². The van der Waals surface area contributed by atoms with Gasteiger partial charge in [-0.05, 0) is 31.4 Å². The molecule has 1 nitrogen and oxygen atoms in total. The molecule has 0 aromatic heterocycles. The average molecular weight is 189 g/mol. The second-order valence-corrected chi connectivity index (χ2v) is 4.42. The van der Waals surface area contributed by atoms with Gasteiger partial charge in [0.2, 0.25) is 0 Å². The van der Waals surface area contributed by atoms with E-state index in [1.807, 2.05) is 0 Å². The quantitative estimate of drug-likeness (QED) is 0.660. The first-order valence-electron chi connectivity index (χ1n) is 5.57. The third kappa shape index (κ3) is 1.41. The van der Waals surface area contributed by atoms with Crippen LogP contribution in [0.2, 0.25) is 0 Å². The van der Waals surface area contributed by atoms with Crippen molar-refractivity contribution < 1.29 is 0 Å². The number of benzene rings is 1. The van der Waals surface area contributed by atoms with Gasteiger partial charge in [0.1, 0.15) is 0 Å². The van der Waals surface area contributed by atoms with Crippen molar-refractivity contribution in [3.8, 4) is 0 Å². The van der Waals surface area contributed by atoms with Gasteiger partial charge in [0.15, 0.2) is 0 Å². The molecule has 1 aliphatic heterocycles. The van der Waals surface area contributed by atoms with Crippen LogP contribution >= 0.6 is 0 Å². The van der Waals surface area contributed by atoms with Crippen molar-refractivity contribution in [3.05, 3.63) is 29.8 Å². The second-order valence-electron chi connectivity index (χ2n) is 4.42. The van der Waals surface area contributed by atoms with Crippen molar-refractivity contribution in [2.75, 3.05) is 11.4 Å². The lowest BCUT2D eigenvalue weighted by molar-refractivity contribution is 0.693. The van der Waals surface area contributed by atoms with E-state index in [1.165, 1.54) is 24.2 Å². The molecule has 1 aromatic carbocycles. The molecule has 76 valence electrons. The monoisotopic (exact) mass is 189 g/mol. The topological polar surface area (TPSA) is 3.01 Å². The molecular weight excluding hydrogens is 170 g/mol. The summed E-state index contributed by atoms with van der Waals surface area (Å²) in [4.78, 5) is 2.52. The van der Waals surface area contributed by atoms with Crippen LogP contribution in [0.5, 0.6) is 0 Å². The highest BCUT2D eigenvalue weighted by atomic mass is 15.4. The van der Waals surface area contributed by atoms with Crippen LogP contribution in [0.1, 0.15) is 32.8 Å². The number of aryl methyl sites for hydroxylation is 1. The number of nitrogens with zero attached hydrogens (tertiary/aromatic N) is 1. The van der Waals surface area contributed by atoms with Crippen LogP contribution in [0.3, 0.4) is 0 Å².